The second kappa shape index (κ2) is 8.23. The summed E-state index contributed by atoms with van der Waals surface area (Å²) >= 11 is 2.47. The molecule has 0 aliphatic heterocycles. The Kier molecular flexibility index (Phi) is 6.55. The second-order valence-corrected chi connectivity index (χ2v) is 8.73. The summed E-state index contributed by atoms with van der Waals surface area (Å²) in [4.78, 5) is 17.3. The molecule has 127 valence electrons. The zero-order chi connectivity index (χ0) is 17.9. The van der Waals surface area contributed by atoms with E-state index in [1.165, 1.54) is 6.07 Å². The van der Waals surface area contributed by atoms with Crippen molar-refractivity contribution in [3.63, 3.8) is 0 Å². The molecule has 2 aromatic carbocycles. The Morgan fingerprint density at radius 1 is 1.25 bits per heavy atom. The first-order valence-corrected chi connectivity index (χ1v) is 9.88. The molecule has 0 unspecified atom stereocenters. The number of nitrogens with one attached hydrogen (secondary N) is 1. The number of amides is 1. The Labute approximate surface area is 154 Å². The Hall–Kier alpha value is -1.23. The van der Waals surface area contributed by atoms with Crippen LogP contribution in [0.5, 0.6) is 0 Å². The zero-order valence-corrected chi connectivity index (χ0v) is 16.8. The van der Waals surface area contributed by atoms with Crippen LogP contribution in [0.25, 0.3) is 0 Å². The fourth-order valence-electron chi connectivity index (χ4n) is 1.92. The van der Waals surface area contributed by atoms with Crippen molar-refractivity contribution in [3.05, 3.63) is 57.6 Å². The summed E-state index contributed by atoms with van der Waals surface area (Å²) in [5.74, 6) is -2.52. The second-order valence-electron chi connectivity index (χ2n) is 5.40. The van der Waals surface area contributed by atoms with E-state index in [0.29, 0.717) is 0 Å². The third-order valence-corrected chi connectivity index (χ3v) is 6.53. The number of aryl methyl sites for hydroxylation is 1. The zero-order valence-electron chi connectivity index (χ0n) is 13.4. The molecule has 0 aromatic heterocycles. The molecule has 2 rings (SSSR count). The quantitative estimate of drug-likeness (QED) is 0.552. The molecule has 0 aliphatic carbocycles. The van der Waals surface area contributed by atoms with E-state index >= 15 is 0 Å². The van der Waals surface area contributed by atoms with Crippen molar-refractivity contribution < 1.29 is 18.4 Å². The molecule has 0 bridgehead atoms. The average molecular weight is 459 g/mol. The molecule has 0 aliphatic rings. The molecule has 0 spiro atoms. The Balaban J connectivity index is 2.40. The van der Waals surface area contributed by atoms with Crippen LogP contribution in [0.2, 0.25) is 0 Å². The molecule has 1 radical (unpaired) electrons. The summed E-state index contributed by atoms with van der Waals surface area (Å²) in [5.41, 5.74) is 3.33. The van der Waals surface area contributed by atoms with Crippen molar-refractivity contribution in [2.75, 3.05) is 0 Å². The minimum atomic E-state index is -0.977. The molecule has 3 nitrogen and oxygen atoms in total. The van der Waals surface area contributed by atoms with Crippen LogP contribution >= 0.6 is 15.9 Å². The maximum absolute atomic E-state index is 14.3. The molecule has 2 aromatic rings. The molecule has 0 heterocycles. The number of carbonyl (C=O) groups is 1. The van der Waals surface area contributed by atoms with Gasteiger partial charge in [-0.2, -0.15) is 0 Å². The number of benzene rings is 2. The van der Waals surface area contributed by atoms with E-state index in [1.807, 2.05) is 25.1 Å². The predicted octanol–water partition coefficient (Wildman–Crippen LogP) is 2.76. The summed E-state index contributed by atoms with van der Waals surface area (Å²) in [6.45, 7) is 5.40. The van der Waals surface area contributed by atoms with Gasteiger partial charge in [0.1, 0.15) is 0 Å². The first-order chi connectivity index (χ1) is 11.3. The van der Waals surface area contributed by atoms with Crippen molar-refractivity contribution in [2.24, 2.45) is 0 Å². The normalized spacial score (nSPS) is 11.5. The van der Waals surface area contributed by atoms with Gasteiger partial charge in [0.25, 0.3) is 0 Å². The standard InChI is InChI=1S/C17H16AsBrF2NO2/c1-9(2)24-22-17(23)12-5-7-14(20)16(21)15(12)18-13-6-4-11(19)8-10(13)3/h4-9H,1-3H3,(H,22,23). The van der Waals surface area contributed by atoms with Gasteiger partial charge in [0, 0.05) is 0 Å². The fourth-order valence-corrected chi connectivity index (χ4v) is 4.77. The van der Waals surface area contributed by atoms with Crippen molar-refractivity contribution in [1.29, 1.82) is 0 Å². The van der Waals surface area contributed by atoms with Crippen LogP contribution in [0.15, 0.2) is 34.8 Å². The average Bonchev–Trinajstić information content (AvgIpc) is 2.52. The minimum absolute atomic E-state index is 0.0943. The van der Waals surface area contributed by atoms with Crippen LogP contribution in [0.3, 0.4) is 0 Å². The monoisotopic (exact) mass is 458 g/mol. The van der Waals surface area contributed by atoms with Gasteiger partial charge in [-0.15, -0.1) is 0 Å². The molecule has 24 heavy (non-hydrogen) atoms. The third kappa shape index (κ3) is 4.65. The molecule has 0 atom stereocenters. The summed E-state index contributed by atoms with van der Waals surface area (Å²) < 4.78 is 29.9. The van der Waals surface area contributed by atoms with Gasteiger partial charge in [0.15, 0.2) is 0 Å². The maximum atomic E-state index is 14.3. The van der Waals surface area contributed by atoms with Crippen molar-refractivity contribution in [2.45, 2.75) is 26.9 Å². The van der Waals surface area contributed by atoms with Crippen LogP contribution in [0, 0.1) is 18.6 Å². The number of hydroxylamine groups is 1. The molecule has 1 amide bonds. The van der Waals surface area contributed by atoms with Gasteiger partial charge in [-0.05, 0) is 0 Å². The topological polar surface area (TPSA) is 38.3 Å². The Morgan fingerprint density at radius 3 is 2.58 bits per heavy atom. The Morgan fingerprint density at radius 2 is 1.96 bits per heavy atom. The van der Waals surface area contributed by atoms with Crippen molar-refractivity contribution in [1.82, 2.24) is 5.48 Å². The SMILES string of the molecule is Cc1cc(Br)ccc1[As]c1c(C(=O)NOC(C)C)ccc(F)c1F. The summed E-state index contributed by atoms with van der Waals surface area (Å²) in [5, 5.41) is 0. The van der Waals surface area contributed by atoms with Gasteiger partial charge in [-0.25, -0.2) is 0 Å². The van der Waals surface area contributed by atoms with E-state index in [4.69, 9.17) is 4.84 Å². The number of carbonyl (C=O) groups excluding carboxylic acids is 1. The van der Waals surface area contributed by atoms with E-state index < -0.39 is 33.3 Å². The van der Waals surface area contributed by atoms with Crippen molar-refractivity contribution in [3.8, 4) is 0 Å². The van der Waals surface area contributed by atoms with Gasteiger partial charge < -0.3 is 0 Å². The molecule has 0 saturated carbocycles. The number of hydrogen-bond donors (Lipinski definition) is 1. The summed E-state index contributed by atoms with van der Waals surface area (Å²) in [7, 11) is 0. The van der Waals surface area contributed by atoms with Gasteiger partial charge in [-0.1, -0.05) is 0 Å². The van der Waals surface area contributed by atoms with Crippen LogP contribution in [0.4, 0.5) is 8.78 Å². The van der Waals surface area contributed by atoms with Crippen LogP contribution in [-0.4, -0.2) is 27.8 Å². The van der Waals surface area contributed by atoms with Gasteiger partial charge in [-0.3, -0.25) is 0 Å². The first kappa shape index (κ1) is 19.1. The molecular formula is C17H16AsBrF2NO2. The molecule has 0 fully saturated rings. The van der Waals surface area contributed by atoms with Crippen LogP contribution in [-0.2, 0) is 4.84 Å². The number of rotatable bonds is 5. The van der Waals surface area contributed by atoms with E-state index in [9.17, 15) is 13.6 Å². The molecular weight excluding hydrogens is 443 g/mol. The molecule has 1 N–H and O–H groups in total. The van der Waals surface area contributed by atoms with E-state index in [2.05, 4.69) is 21.4 Å². The predicted molar refractivity (Wildman–Crippen MR) is 93.9 cm³/mol. The first-order valence-electron chi connectivity index (χ1n) is 7.21. The van der Waals surface area contributed by atoms with Gasteiger partial charge in [0.2, 0.25) is 0 Å². The van der Waals surface area contributed by atoms with Gasteiger partial charge in [0.05, 0.1) is 0 Å². The number of hydrogen-bond acceptors (Lipinski definition) is 2. The van der Waals surface area contributed by atoms with E-state index in [1.54, 1.807) is 13.8 Å². The summed E-state index contributed by atoms with van der Waals surface area (Å²) in [6, 6.07) is 7.85. The summed E-state index contributed by atoms with van der Waals surface area (Å²) in [6.07, 6.45) is -0.218. The number of halogens is 3. The van der Waals surface area contributed by atoms with Crippen LogP contribution in [0.1, 0.15) is 29.8 Å². The van der Waals surface area contributed by atoms with Crippen LogP contribution < -0.4 is 14.2 Å². The van der Waals surface area contributed by atoms with Gasteiger partial charge >= 0.3 is 155 Å². The fraction of sp³-hybridized carbons (Fsp3) is 0.235. The Bertz CT molecular complexity index is 768. The molecule has 7 heteroatoms. The van der Waals surface area contributed by atoms with E-state index in [-0.39, 0.29) is 16.0 Å². The third-order valence-electron chi connectivity index (χ3n) is 3.09. The molecule has 0 saturated heterocycles. The van der Waals surface area contributed by atoms with Crippen molar-refractivity contribution >= 4 is 46.3 Å². The van der Waals surface area contributed by atoms with E-state index in [0.717, 1.165) is 20.5 Å².